The second kappa shape index (κ2) is 4.73. The molecule has 0 aromatic heterocycles. The van der Waals surface area contributed by atoms with Crippen LogP contribution in [0.25, 0.3) is 0 Å². The van der Waals surface area contributed by atoms with Crippen molar-refractivity contribution in [2.75, 3.05) is 6.79 Å². The van der Waals surface area contributed by atoms with E-state index in [9.17, 15) is 0 Å². The number of ether oxygens (including phenoxy) is 2. The zero-order valence-corrected chi connectivity index (χ0v) is 6.31. The molecule has 1 unspecified atom stereocenters. The van der Waals surface area contributed by atoms with Gasteiger partial charge in [0.2, 0.25) is 0 Å². The van der Waals surface area contributed by atoms with Gasteiger partial charge < -0.3 is 9.47 Å². The van der Waals surface area contributed by atoms with E-state index >= 15 is 0 Å². The maximum absolute atomic E-state index is 5.32. The average Bonchev–Trinajstić information content (AvgIpc) is 2.08. The van der Waals surface area contributed by atoms with Crippen LogP contribution in [-0.4, -0.2) is 18.5 Å². The Balaban J connectivity index is 0. The van der Waals surface area contributed by atoms with Crippen molar-refractivity contribution >= 4 is 0 Å². The van der Waals surface area contributed by atoms with Gasteiger partial charge in [-0.15, -0.1) is 0 Å². The van der Waals surface area contributed by atoms with Crippen LogP contribution in [0.4, 0.5) is 0 Å². The fraction of sp³-hybridized carbons (Fsp3) is 1.00. The van der Waals surface area contributed by atoms with E-state index in [0.717, 1.165) is 6.42 Å². The third kappa shape index (κ3) is 2.80. The van der Waals surface area contributed by atoms with E-state index in [4.69, 9.17) is 9.47 Å². The monoisotopic (exact) mass is 162 g/mol. The minimum Gasteiger partial charge on any atom is -0.349 e. The maximum atomic E-state index is 5.32. The van der Waals surface area contributed by atoms with Crippen molar-refractivity contribution in [2.45, 2.75) is 53.8 Å². The molecule has 2 nitrogen and oxygen atoms in total. The smallest absolute Gasteiger partial charge is 0.148 e. The highest BCUT2D eigenvalue weighted by Gasteiger charge is 2.35. The molecule has 0 N–H and O–H groups in total. The molecule has 1 saturated heterocycles. The van der Waals surface area contributed by atoms with Gasteiger partial charge in [-0.2, -0.15) is 0 Å². The van der Waals surface area contributed by atoms with Crippen LogP contribution in [0.1, 0.15) is 42.0 Å². The van der Waals surface area contributed by atoms with E-state index < -0.39 is 0 Å². The third-order valence-electron chi connectivity index (χ3n) is 1.85. The molecule has 1 aliphatic rings. The fourth-order valence-corrected chi connectivity index (χ4v) is 1.17. The lowest BCUT2D eigenvalue weighted by molar-refractivity contribution is 0.0121. The van der Waals surface area contributed by atoms with Crippen molar-refractivity contribution in [3.05, 3.63) is 0 Å². The van der Waals surface area contributed by atoms with Crippen molar-refractivity contribution in [1.82, 2.24) is 0 Å². The molecular formula is C9H22O2. The summed E-state index contributed by atoms with van der Waals surface area (Å²) in [6.07, 6.45) is 1.32. The summed E-state index contributed by atoms with van der Waals surface area (Å²) in [6.45, 7) is 6.70. The van der Waals surface area contributed by atoms with Crippen molar-refractivity contribution in [3.63, 3.8) is 0 Å². The SMILES string of the molecule is C.C.CCC1OCOC1(C)C. The molecule has 0 aliphatic carbocycles. The Hall–Kier alpha value is -0.0800. The molecule has 1 fully saturated rings. The molecule has 0 spiro atoms. The largest absolute Gasteiger partial charge is 0.349 e. The molecule has 0 amide bonds. The summed E-state index contributed by atoms with van der Waals surface area (Å²) < 4.78 is 10.6. The quantitative estimate of drug-likeness (QED) is 0.590. The zero-order valence-electron chi connectivity index (χ0n) is 6.31. The lowest BCUT2D eigenvalue weighted by Gasteiger charge is -2.21. The first kappa shape index (κ1) is 13.5. The van der Waals surface area contributed by atoms with Gasteiger partial charge in [0, 0.05) is 0 Å². The fourth-order valence-electron chi connectivity index (χ4n) is 1.17. The highest BCUT2D eigenvalue weighted by atomic mass is 16.7. The Morgan fingerprint density at radius 1 is 1.36 bits per heavy atom. The van der Waals surface area contributed by atoms with Gasteiger partial charge in [0.25, 0.3) is 0 Å². The van der Waals surface area contributed by atoms with Crippen LogP contribution in [-0.2, 0) is 9.47 Å². The van der Waals surface area contributed by atoms with Crippen LogP contribution in [0.5, 0.6) is 0 Å². The van der Waals surface area contributed by atoms with Gasteiger partial charge in [-0.25, -0.2) is 0 Å². The van der Waals surface area contributed by atoms with E-state index in [1.807, 2.05) is 0 Å². The van der Waals surface area contributed by atoms with E-state index in [1.54, 1.807) is 0 Å². The van der Waals surface area contributed by atoms with E-state index in [1.165, 1.54) is 0 Å². The molecule has 1 atom stereocenters. The lowest BCUT2D eigenvalue weighted by Crippen LogP contribution is -2.31. The second-order valence-electron chi connectivity index (χ2n) is 2.93. The van der Waals surface area contributed by atoms with Gasteiger partial charge >= 0.3 is 0 Å². The Bertz CT molecular complexity index is 99.7. The molecule has 1 aliphatic heterocycles. The van der Waals surface area contributed by atoms with Crippen molar-refractivity contribution < 1.29 is 9.47 Å². The minimum atomic E-state index is -0.0608. The highest BCUT2D eigenvalue weighted by molar-refractivity contribution is 4.81. The number of hydrogen-bond donors (Lipinski definition) is 0. The molecule has 70 valence electrons. The Kier molecular flexibility index (Phi) is 5.81. The summed E-state index contributed by atoms with van der Waals surface area (Å²) in [5.41, 5.74) is -0.0608. The number of hydrogen-bond acceptors (Lipinski definition) is 2. The standard InChI is InChI=1S/C7H14O2.2CH4/c1-4-6-7(2,3)9-5-8-6;;/h6H,4-5H2,1-3H3;2*1H4. The molecule has 1 rings (SSSR count). The lowest BCUT2D eigenvalue weighted by atomic mass is 10.0. The molecule has 2 heteroatoms. The predicted molar refractivity (Wildman–Crippen MR) is 48.7 cm³/mol. The van der Waals surface area contributed by atoms with Crippen LogP contribution in [0, 0.1) is 0 Å². The number of rotatable bonds is 1. The first-order chi connectivity index (χ1) is 4.17. The molecule has 0 radical (unpaired) electrons. The molecular weight excluding hydrogens is 140 g/mol. The molecule has 1 heterocycles. The molecule has 11 heavy (non-hydrogen) atoms. The summed E-state index contributed by atoms with van der Waals surface area (Å²) in [6, 6.07) is 0. The molecule has 0 saturated carbocycles. The van der Waals surface area contributed by atoms with Gasteiger partial charge in [-0.1, -0.05) is 21.8 Å². The van der Waals surface area contributed by atoms with E-state index in [2.05, 4.69) is 20.8 Å². The predicted octanol–water partition coefficient (Wildman–Crippen LogP) is 2.82. The van der Waals surface area contributed by atoms with Crippen molar-refractivity contribution in [2.24, 2.45) is 0 Å². The molecule has 0 aromatic carbocycles. The topological polar surface area (TPSA) is 18.5 Å². The van der Waals surface area contributed by atoms with Gasteiger partial charge in [0.05, 0.1) is 11.7 Å². The first-order valence-electron chi connectivity index (χ1n) is 3.42. The van der Waals surface area contributed by atoms with Crippen LogP contribution in [0.2, 0.25) is 0 Å². The van der Waals surface area contributed by atoms with Crippen molar-refractivity contribution in [3.8, 4) is 0 Å². The molecule has 0 bridgehead atoms. The van der Waals surface area contributed by atoms with Gasteiger partial charge in [-0.3, -0.25) is 0 Å². The van der Waals surface area contributed by atoms with Crippen LogP contribution >= 0.6 is 0 Å². The summed E-state index contributed by atoms with van der Waals surface area (Å²) in [5.74, 6) is 0. The third-order valence-corrected chi connectivity index (χ3v) is 1.85. The summed E-state index contributed by atoms with van der Waals surface area (Å²) in [4.78, 5) is 0. The van der Waals surface area contributed by atoms with E-state index in [0.29, 0.717) is 6.79 Å². The van der Waals surface area contributed by atoms with Gasteiger partial charge in [-0.05, 0) is 20.3 Å². The van der Waals surface area contributed by atoms with E-state index in [-0.39, 0.29) is 26.6 Å². The second-order valence-corrected chi connectivity index (χ2v) is 2.93. The Labute approximate surface area is 70.9 Å². The summed E-state index contributed by atoms with van der Waals surface area (Å²) in [5, 5.41) is 0. The summed E-state index contributed by atoms with van der Waals surface area (Å²) >= 11 is 0. The van der Waals surface area contributed by atoms with Crippen LogP contribution in [0.3, 0.4) is 0 Å². The van der Waals surface area contributed by atoms with Crippen LogP contribution < -0.4 is 0 Å². The average molecular weight is 162 g/mol. The van der Waals surface area contributed by atoms with Crippen molar-refractivity contribution in [1.29, 1.82) is 0 Å². The minimum absolute atomic E-state index is 0. The molecule has 0 aromatic rings. The first-order valence-corrected chi connectivity index (χ1v) is 3.42. The maximum Gasteiger partial charge on any atom is 0.148 e. The zero-order chi connectivity index (χ0) is 6.91. The van der Waals surface area contributed by atoms with Crippen LogP contribution in [0.15, 0.2) is 0 Å². The Morgan fingerprint density at radius 2 is 1.91 bits per heavy atom. The normalized spacial score (nSPS) is 27.0. The highest BCUT2D eigenvalue weighted by Crippen LogP contribution is 2.26. The Morgan fingerprint density at radius 3 is 2.09 bits per heavy atom. The summed E-state index contributed by atoms with van der Waals surface area (Å²) in [7, 11) is 0. The van der Waals surface area contributed by atoms with Gasteiger partial charge in [0.1, 0.15) is 6.79 Å². The van der Waals surface area contributed by atoms with Gasteiger partial charge in [0.15, 0.2) is 0 Å².